The van der Waals surface area contributed by atoms with Crippen molar-refractivity contribution < 1.29 is 0 Å². The standard InChI is InChI=1S/C16H23N3S/c1-12-6-5-8-16(10-12)11-20-15(19-16)18-13(2)14-7-3-4-9-17-14/h3-4,7,9,12-13H,5-6,8,10-11H2,1-2H3,(H,18,19). The largest absolute Gasteiger partial charge is 0.359 e. The molecular weight excluding hydrogens is 266 g/mol. The first-order valence-corrected chi connectivity index (χ1v) is 8.55. The Balaban J connectivity index is 1.69. The molecular formula is C16H23N3S. The summed E-state index contributed by atoms with van der Waals surface area (Å²) in [6, 6.07) is 6.15. The van der Waals surface area contributed by atoms with Crippen molar-refractivity contribution in [2.24, 2.45) is 10.9 Å². The summed E-state index contributed by atoms with van der Waals surface area (Å²) in [5.41, 5.74) is 1.35. The average Bonchev–Trinajstić information content (AvgIpc) is 2.82. The van der Waals surface area contributed by atoms with Gasteiger partial charge >= 0.3 is 0 Å². The summed E-state index contributed by atoms with van der Waals surface area (Å²) in [5, 5.41) is 4.83. The molecule has 1 saturated carbocycles. The molecule has 1 aliphatic carbocycles. The molecule has 2 aliphatic rings. The van der Waals surface area contributed by atoms with Crippen LogP contribution in [0.15, 0.2) is 29.4 Å². The first-order valence-electron chi connectivity index (χ1n) is 7.57. The van der Waals surface area contributed by atoms with Crippen molar-refractivity contribution in [2.45, 2.75) is 51.1 Å². The Morgan fingerprint density at radius 2 is 2.40 bits per heavy atom. The van der Waals surface area contributed by atoms with Gasteiger partial charge in [0.05, 0.1) is 11.7 Å². The summed E-state index contributed by atoms with van der Waals surface area (Å²) in [4.78, 5) is 9.22. The second-order valence-electron chi connectivity index (χ2n) is 6.26. The van der Waals surface area contributed by atoms with Crippen LogP contribution in [0.4, 0.5) is 0 Å². The maximum absolute atomic E-state index is 4.83. The summed E-state index contributed by atoms with van der Waals surface area (Å²) in [7, 11) is 0. The van der Waals surface area contributed by atoms with Crippen LogP contribution in [0.5, 0.6) is 0 Å². The molecule has 3 nitrogen and oxygen atoms in total. The predicted octanol–water partition coefficient (Wildman–Crippen LogP) is 3.78. The molecule has 1 spiro atoms. The predicted molar refractivity (Wildman–Crippen MR) is 86.0 cm³/mol. The molecule has 0 aromatic carbocycles. The van der Waals surface area contributed by atoms with Crippen LogP contribution in [-0.2, 0) is 0 Å². The van der Waals surface area contributed by atoms with E-state index < -0.39 is 0 Å². The number of nitrogens with zero attached hydrogens (tertiary/aromatic N) is 2. The second kappa shape index (κ2) is 5.76. The summed E-state index contributed by atoms with van der Waals surface area (Å²) < 4.78 is 0. The highest BCUT2D eigenvalue weighted by molar-refractivity contribution is 8.14. The molecule has 2 heterocycles. The zero-order valence-corrected chi connectivity index (χ0v) is 13.1. The van der Waals surface area contributed by atoms with Gasteiger partial charge in [0.1, 0.15) is 0 Å². The van der Waals surface area contributed by atoms with Gasteiger partial charge < -0.3 is 5.32 Å². The molecule has 1 N–H and O–H groups in total. The van der Waals surface area contributed by atoms with Crippen LogP contribution in [0.3, 0.4) is 0 Å². The molecule has 0 amide bonds. The average molecular weight is 289 g/mol. The summed E-state index contributed by atoms with van der Waals surface area (Å²) in [6.45, 7) is 4.49. The highest BCUT2D eigenvalue weighted by Gasteiger charge is 2.40. The van der Waals surface area contributed by atoms with Crippen LogP contribution in [-0.4, -0.2) is 21.4 Å². The van der Waals surface area contributed by atoms with Crippen molar-refractivity contribution in [1.82, 2.24) is 10.3 Å². The van der Waals surface area contributed by atoms with Crippen molar-refractivity contribution in [3.8, 4) is 0 Å². The highest BCUT2D eigenvalue weighted by Crippen LogP contribution is 2.39. The van der Waals surface area contributed by atoms with Gasteiger partial charge in [-0.1, -0.05) is 37.6 Å². The van der Waals surface area contributed by atoms with Crippen LogP contribution < -0.4 is 5.32 Å². The van der Waals surface area contributed by atoms with E-state index in [0.29, 0.717) is 5.54 Å². The molecule has 0 bridgehead atoms. The van der Waals surface area contributed by atoms with Crippen molar-refractivity contribution in [3.05, 3.63) is 30.1 Å². The van der Waals surface area contributed by atoms with E-state index in [1.165, 1.54) is 31.4 Å². The molecule has 1 saturated heterocycles. The zero-order chi connectivity index (χ0) is 14.0. The van der Waals surface area contributed by atoms with E-state index in [1.807, 2.05) is 36.2 Å². The number of hydrogen-bond donors (Lipinski definition) is 1. The normalized spacial score (nSPS) is 33.3. The minimum absolute atomic E-state index is 0.127. The van der Waals surface area contributed by atoms with Gasteiger partial charge in [-0.2, -0.15) is 0 Å². The summed E-state index contributed by atoms with van der Waals surface area (Å²) in [5.74, 6) is 2.01. The molecule has 3 rings (SSSR count). The lowest BCUT2D eigenvalue weighted by Crippen LogP contribution is -2.47. The first kappa shape index (κ1) is 13.9. The minimum atomic E-state index is 0.127. The maximum atomic E-state index is 4.83. The number of rotatable bonds is 2. The third kappa shape index (κ3) is 3.00. The quantitative estimate of drug-likeness (QED) is 0.900. The van der Waals surface area contributed by atoms with E-state index in [-0.39, 0.29) is 6.04 Å². The summed E-state index contributed by atoms with van der Waals surface area (Å²) >= 11 is 1.88. The lowest BCUT2D eigenvalue weighted by atomic mass is 9.78. The van der Waals surface area contributed by atoms with Crippen molar-refractivity contribution in [3.63, 3.8) is 0 Å². The fourth-order valence-corrected chi connectivity index (χ4v) is 4.61. The SMILES string of the molecule is CC1CCCC2(CSC(=NC(C)c3ccccn3)N2)C1. The van der Waals surface area contributed by atoms with E-state index in [1.54, 1.807) is 0 Å². The van der Waals surface area contributed by atoms with Gasteiger partial charge in [0.15, 0.2) is 5.17 Å². The van der Waals surface area contributed by atoms with Gasteiger partial charge in [-0.05, 0) is 37.8 Å². The maximum Gasteiger partial charge on any atom is 0.157 e. The second-order valence-corrected chi connectivity index (χ2v) is 7.22. The fraction of sp³-hybridized carbons (Fsp3) is 0.625. The smallest absolute Gasteiger partial charge is 0.157 e. The summed E-state index contributed by atoms with van der Waals surface area (Å²) in [6.07, 6.45) is 7.15. The number of aliphatic imine (C=N–C) groups is 1. The van der Waals surface area contributed by atoms with Gasteiger partial charge in [-0.3, -0.25) is 9.98 Å². The van der Waals surface area contributed by atoms with E-state index in [4.69, 9.17) is 4.99 Å². The third-order valence-corrected chi connectivity index (χ3v) is 5.55. The molecule has 4 heteroatoms. The molecule has 0 radical (unpaired) electrons. The highest BCUT2D eigenvalue weighted by atomic mass is 32.2. The number of pyridine rings is 1. The van der Waals surface area contributed by atoms with E-state index in [9.17, 15) is 0 Å². The lowest BCUT2D eigenvalue weighted by molar-refractivity contribution is 0.242. The van der Waals surface area contributed by atoms with Gasteiger partial charge in [-0.15, -0.1) is 0 Å². The van der Waals surface area contributed by atoms with E-state index in [0.717, 1.165) is 16.8 Å². The van der Waals surface area contributed by atoms with Crippen LogP contribution >= 0.6 is 11.8 Å². The van der Waals surface area contributed by atoms with Crippen molar-refractivity contribution in [2.75, 3.05) is 5.75 Å². The lowest BCUT2D eigenvalue weighted by Gasteiger charge is -2.36. The van der Waals surface area contributed by atoms with E-state index in [2.05, 4.69) is 24.1 Å². The van der Waals surface area contributed by atoms with Crippen LogP contribution in [0.1, 0.15) is 51.3 Å². The number of amidine groups is 1. The Morgan fingerprint density at radius 3 is 3.15 bits per heavy atom. The first-order chi connectivity index (χ1) is 9.67. The van der Waals surface area contributed by atoms with Gasteiger partial charge in [0, 0.05) is 17.5 Å². The molecule has 3 atom stereocenters. The Labute approximate surface area is 125 Å². The molecule has 108 valence electrons. The molecule has 1 aliphatic heterocycles. The van der Waals surface area contributed by atoms with E-state index >= 15 is 0 Å². The Kier molecular flexibility index (Phi) is 4.01. The van der Waals surface area contributed by atoms with Crippen molar-refractivity contribution >= 4 is 16.9 Å². The number of hydrogen-bond acceptors (Lipinski definition) is 3. The number of nitrogens with one attached hydrogen (secondary N) is 1. The van der Waals surface area contributed by atoms with Gasteiger partial charge in [0.25, 0.3) is 0 Å². The zero-order valence-electron chi connectivity index (χ0n) is 12.3. The molecule has 2 fully saturated rings. The topological polar surface area (TPSA) is 37.3 Å². The molecule has 3 unspecified atom stereocenters. The van der Waals surface area contributed by atoms with Crippen molar-refractivity contribution in [1.29, 1.82) is 0 Å². The van der Waals surface area contributed by atoms with Gasteiger partial charge in [-0.25, -0.2) is 0 Å². The molecule has 1 aromatic rings. The number of aromatic nitrogens is 1. The number of thioether (sulfide) groups is 1. The molecule has 1 aromatic heterocycles. The molecule has 20 heavy (non-hydrogen) atoms. The monoisotopic (exact) mass is 289 g/mol. The fourth-order valence-electron chi connectivity index (χ4n) is 3.34. The minimum Gasteiger partial charge on any atom is -0.359 e. The van der Waals surface area contributed by atoms with Crippen LogP contribution in [0, 0.1) is 5.92 Å². The van der Waals surface area contributed by atoms with Crippen LogP contribution in [0.25, 0.3) is 0 Å². The third-order valence-electron chi connectivity index (χ3n) is 4.38. The van der Waals surface area contributed by atoms with Crippen LogP contribution in [0.2, 0.25) is 0 Å². The Morgan fingerprint density at radius 1 is 1.50 bits per heavy atom. The Bertz CT molecular complexity index is 488. The Hall–Kier alpha value is -1.03. The van der Waals surface area contributed by atoms with Gasteiger partial charge in [0.2, 0.25) is 0 Å².